The zero-order valence-electron chi connectivity index (χ0n) is 11.6. The zero-order valence-corrected chi connectivity index (χ0v) is 13.2. The number of rotatable bonds is 0. The van der Waals surface area contributed by atoms with Crippen molar-refractivity contribution in [3.8, 4) is 0 Å². The van der Waals surface area contributed by atoms with Gasteiger partial charge in [-0.3, -0.25) is 9.59 Å². The third kappa shape index (κ3) is 8.42. The molecule has 0 amide bonds. The van der Waals surface area contributed by atoms with Gasteiger partial charge in [-0.2, -0.15) is 11.8 Å². The summed E-state index contributed by atoms with van der Waals surface area (Å²) in [6.07, 6.45) is 2.57. The zero-order chi connectivity index (χ0) is 14.1. The maximum absolute atomic E-state index is 10.7. The van der Waals surface area contributed by atoms with Crippen molar-refractivity contribution >= 4 is 35.5 Å². The molecule has 0 spiro atoms. The molecule has 6 heteroatoms. The van der Waals surface area contributed by atoms with E-state index in [1.54, 1.807) is 11.8 Å². The van der Waals surface area contributed by atoms with Gasteiger partial charge in [-0.1, -0.05) is 13.8 Å². The quantitative estimate of drug-likeness (QED) is 0.641. The first kappa shape index (κ1) is 16.7. The fraction of sp³-hybridized carbons (Fsp3) is 0.846. The van der Waals surface area contributed by atoms with Crippen molar-refractivity contribution in [2.24, 2.45) is 0 Å². The molecule has 19 heavy (non-hydrogen) atoms. The van der Waals surface area contributed by atoms with Crippen LogP contribution in [-0.2, 0) is 19.1 Å². The molecule has 2 aliphatic heterocycles. The lowest BCUT2D eigenvalue weighted by molar-refractivity contribution is -0.143. The Balaban J connectivity index is 0.000000191. The highest BCUT2D eigenvalue weighted by Gasteiger charge is 2.13. The van der Waals surface area contributed by atoms with Gasteiger partial charge >= 0.3 is 11.9 Å². The van der Waals surface area contributed by atoms with Crippen LogP contribution >= 0.6 is 23.5 Å². The van der Waals surface area contributed by atoms with Gasteiger partial charge in [-0.25, -0.2) is 0 Å². The monoisotopic (exact) mass is 306 g/mol. The van der Waals surface area contributed by atoms with Gasteiger partial charge in [0.05, 0.1) is 25.4 Å². The second-order valence-corrected chi connectivity index (χ2v) is 7.54. The predicted molar refractivity (Wildman–Crippen MR) is 79.6 cm³/mol. The summed E-state index contributed by atoms with van der Waals surface area (Å²) in [6.45, 7) is 5.50. The van der Waals surface area contributed by atoms with E-state index in [9.17, 15) is 9.59 Å². The molecule has 0 aromatic heterocycles. The number of hydrogen-bond acceptors (Lipinski definition) is 6. The molecular formula is C13H22O4S2. The van der Waals surface area contributed by atoms with Gasteiger partial charge in [-0.05, 0) is 12.8 Å². The molecule has 2 fully saturated rings. The molecule has 2 saturated heterocycles. The lowest BCUT2D eigenvalue weighted by Gasteiger charge is -2.14. The van der Waals surface area contributed by atoms with E-state index in [1.165, 1.54) is 0 Å². The number of carbonyl (C=O) groups is 2. The molecule has 0 N–H and O–H groups in total. The highest BCUT2D eigenvalue weighted by molar-refractivity contribution is 8.00. The van der Waals surface area contributed by atoms with Gasteiger partial charge in [0.2, 0.25) is 0 Å². The van der Waals surface area contributed by atoms with Crippen LogP contribution in [0.25, 0.3) is 0 Å². The molecule has 2 rings (SSSR count). The smallest absolute Gasteiger partial charge is 0.315 e. The van der Waals surface area contributed by atoms with Crippen LogP contribution in [0.15, 0.2) is 0 Å². The highest BCUT2D eigenvalue weighted by atomic mass is 32.2. The van der Waals surface area contributed by atoms with E-state index in [-0.39, 0.29) is 11.9 Å². The fourth-order valence-corrected chi connectivity index (χ4v) is 3.23. The lowest BCUT2D eigenvalue weighted by atomic mass is 10.3. The summed E-state index contributed by atoms with van der Waals surface area (Å²) in [5.74, 6) is 1.34. The van der Waals surface area contributed by atoms with Gasteiger partial charge in [-0.15, -0.1) is 11.8 Å². The second-order valence-electron chi connectivity index (χ2n) is 4.57. The Labute approximate surface area is 123 Å². The van der Waals surface area contributed by atoms with Crippen LogP contribution < -0.4 is 0 Å². The molecule has 0 bridgehead atoms. The van der Waals surface area contributed by atoms with Crippen molar-refractivity contribution in [2.45, 2.75) is 43.6 Å². The summed E-state index contributed by atoms with van der Waals surface area (Å²) >= 11 is 3.53. The topological polar surface area (TPSA) is 52.6 Å². The van der Waals surface area contributed by atoms with Crippen LogP contribution in [0, 0.1) is 0 Å². The first-order valence-electron chi connectivity index (χ1n) is 6.62. The van der Waals surface area contributed by atoms with E-state index in [4.69, 9.17) is 9.47 Å². The van der Waals surface area contributed by atoms with E-state index in [1.807, 2.05) is 11.8 Å². The highest BCUT2D eigenvalue weighted by Crippen LogP contribution is 2.18. The van der Waals surface area contributed by atoms with E-state index in [2.05, 4.69) is 13.8 Å². The van der Waals surface area contributed by atoms with Crippen molar-refractivity contribution in [1.82, 2.24) is 0 Å². The first-order chi connectivity index (χ1) is 9.08. The van der Waals surface area contributed by atoms with E-state index in [0.717, 1.165) is 18.6 Å². The van der Waals surface area contributed by atoms with Crippen LogP contribution in [0.2, 0.25) is 0 Å². The Morgan fingerprint density at radius 3 is 2.21 bits per heavy atom. The molecule has 2 aliphatic rings. The van der Waals surface area contributed by atoms with Crippen LogP contribution in [0.4, 0.5) is 0 Å². The maximum atomic E-state index is 10.7. The summed E-state index contributed by atoms with van der Waals surface area (Å²) < 4.78 is 9.71. The van der Waals surface area contributed by atoms with Gasteiger partial charge in [0.15, 0.2) is 0 Å². The normalized spacial score (nSPS) is 28.7. The van der Waals surface area contributed by atoms with Crippen LogP contribution in [0.3, 0.4) is 0 Å². The molecule has 0 aromatic carbocycles. The Morgan fingerprint density at radius 1 is 0.947 bits per heavy atom. The Kier molecular flexibility index (Phi) is 8.37. The van der Waals surface area contributed by atoms with Crippen LogP contribution in [-0.4, -0.2) is 47.2 Å². The third-order valence-electron chi connectivity index (χ3n) is 2.77. The molecule has 2 atom stereocenters. The van der Waals surface area contributed by atoms with Crippen molar-refractivity contribution in [1.29, 1.82) is 0 Å². The Morgan fingerprint density at radius 2 is 1.53 bits per heavy atom. The SMILES string of the molecule is CC1CCOC(=O)CCS1.CC1CCOC(=O)CS1. The molecule has 110 valence electrons. The fourth-order valence-electron chi connectivity index (χ4n) is 1.51. The predicted octanol–water partition coefficient (Wildman–Crippen LogP) is 2.50. The maximum Gasteiger partial charge on any atom is 0.315 e. The average Bonchev–Trinajstić information content (AvgIpc) is 2.53. The Hall–Kier alpha value is -0.360. The van der Waals surface area contributed by atoms with E-state index in [0.29, 0.717) is 35.9 Å². The Bertz CT molecular complexity index is 284. The molecule has 4 nitrogen and oxygen atoms in total. The number of carbonyl (C=O) groups excluding carboxylic acids is 2. The molecule has 2 unspecified atom stereocenters. The summed E-state index contributed by atoms with van der Waals surface area (Å²) in [4.78, 5) is 21.3. The minimum absolute atomic E-state index is 0.0422. The van der Waals surface area contributed by atoms with Gasteiger partial charge in [0, 0.05) is 16.3 Å². The molecule has 2 heterocycles. The molecule has 0 radical (unpaired) electrons. The van der Waals surface area contributed by atoms with Gasteiger partial charge < -0.3 is 9.47 Å². The summed E-state index contributed by atoms with van der Waals surface area (Å²) in [7, 11) is 0. The molecular weight excluding hydrogens is 284 g/mol. The van der Waals surface area contributed by atoms with Crippen molar-refractivity contribution in [3.05, 3.63) is 0 Å². The first-order valence-corrected chi connectivity index (χ1v) is 8.72. The number of hydrogen-bond donors (Lipinski definition) is 0. The lowest BCUT2D eigenvalue weighted by Crippen LogP contribution is -2.14. The van der Waals surface area contributed by atoms with Gasteiger partial charge in [0.25, 0.3) is 0 Å². The van der Waals surface area contributed by atoms with Crippen LogP contribution in [0.5, 0.6) is 0 Å². The summed E-state index contributed by atoms with van der Waals surface area (Å²) in [5.41, 5.74) is 0. The summed E-state index contributed by atoms with van der Waals surface area (Å²) in [5, 5.41) is 1.23. The van der Waals surface area contributed by atoms with Crippen molar-refractivity contribution in [3.63, 3.8) is 0 Å². The molecule has 0 saturated carbocycles. The second kappa shape index (κ2) is 9.53. The van der Waals surface area contributed by atoms with E-state index >= 15 is 0 Å². The minimum atomic E-state index is -0.0654. The third-order valence-corrected chi connectivity index (χ3v) is 5.22. The minimum Gasteiger partial charge on any atom is -0.466 e. The largest absolute Gasteiger partial charge is 0.466 e. The van der Waals surface area contributed by atoms with E-state index < -0.39 is 0 Å². The molecule has 0 aliphatic carbocycles. The van der Waals surface area contributed by atoms with Crippen molar-refractivity contribution < 1.29 is 19.1 Å². The summed E-state index contributed by atoms with van der Waals surface area (Å²) in [6, 6.07) is 0. The standard InChI is InChI=1S/C7H12O2S.C6H10O2S/c1-6-2-4-9-7(8)3-5-10-6;1-5-2-3-8-6(7)4-9-5/h6H,2-5H2,1H3;5H,2-4H2,1H3. The number of esters is 2. The number of ether oxygens (including phenoxy) is 2. The molecule has 0 aromatic rings. The van der Waals surface area contributed by atoms with Crippen LogP contribution in [0.1, 0.15) is 33.1 Å². The number of thioether (sulfide) groups is 2. The van der Waals surface area contributed by atoms with Gasteiger partial charge in [0.1, 0.15) is 0 Å². The average molecular weight is 306 g/mol. The van der Waals surface area contributed by atoms with Crippen molar-refractivity contribution in [2.75, 3.05) is 24.7 Å². The number of cyclic esters (lactones) is 2.